The molecule has 0 spiro atoms. The number of amides is 1. The standard InChI is InChI=1S/C21H44N2O9/c1-21(2,3)32-23(20-24)5-7-26-9-11-28-13-15-30-17-19-31-18-16-29-14-12-27-10-8-25-6-4-22/h20H,4-19,22H2,1-3H3. The third-order valence-corrected chi connectivity index (χ3v) is 3.46. The Hall–Kier alpha value is -0.890. The van der Waals surface area contributed by atoms with Crippen LogP contribution in [-0.2, 0) is 42.8 Å². The van der Waals surface area contributed by atoms with Crippen molar-refractivity contribution in [2.45, 2.75) is 26.4 Å². The zero-order valence-electron chi connectivity index (χ0n) is 20.1. The van der Waals surface area contributed by atoms with Crippen LogP contribution >= 0.6 is 0 Å². The molecule has 0 aliphatic rings. The summed E-state index contributed by atoms with van der Waals surface area (Å²) >= 11 is 0. The van der Waals surface area contributed by atoms with Gasteiger partial charge in [-0.25, -0.2) is 5.06 Å². The van der Waals surface area contributed by atoms with Gasteiger partial charge in [0.1, 0.15) is 0 Å². The van der Waals surface area contributed by atoms with Crippen LogP contribution in [0.3, 0.4) is 0 Å². The van der Waals surface area contributed by atoms with E-state index in [1.54, 1.807) is 0 Å². The molecule has 192 valence electrons. The number of hydroxylamine groups is 2. The molecule has 0 aliphatic heterocycles. The molecule has 0 heterocycles. The molecule has 0 atom stereocenters. The van der Waals surface area contributed by atoms with E-state index in [0.717, 1.165) is 0 Å². The van der Waals surface area contributed by atoms with Crippen LogP contribution in [0.5, 0.6) is 0 Å². The lowest BCUT2D eigenvalue weighted by atomic mass is 10.2. The second-order valence-corrected chi connectivity index (χ2v) is 7.53. The minimum absolute atomic E-state index is 0.369. The number of carbonyl (C=O) groups excluding carboxylic acids is 1. The summed E-state index contributed by atoms with van der Waals surface area (Å²) in [5, 5.41) is 1.24. The molecule has 0 bridgehead atoms. The Morgan fingerprint density at radius 1 is 0.594 bits per heavy atom. The van der Waals surface area contributed by atoms with Crippen LogP contribution < -0.4 is 5.73 Å². The molecular formula is C21H44N2O9. The first-order valence-corrected chi connectivity index (χ1v) is 11.1. The van der Waals surface area contributed by atoms with Gasteiger partial charge in [-0.3, -0.25) is 9.63 Å². The van der Waals surface area contributed by atoms with Crippen LogP contribution in [0.4, 0.5) is 0 Å². The Morgan fingerprint density at radius 2 is 0.906 bits per heavy atom. The van der Waals surface area contributed by atoms with Crippen LogP contribution in [-0.4, -0.2) is 123 Å². The number of nitrogens with zero attached hydrogens (tertiary/aromatic N) is 1. The maximum Gasteiger partial charge on any atom is 0.233 e. The van der Waals surface area contributed by atoms with E-state index >= 15 is 0 Å². The summed E-state index contributed by atoms with van der Waals surface area (Å²) in [6, 6.07) is 0. The largest absolute Gasteiger partial charge is 0.378 e. The highest BCUT2D eigenvalue weighted by molar-refractivity contribution is 5.44. The highest BCUT2D eigenvalue weighted by Crippen LogP contribution is 2.08. The van der Waals surface area contributed by atoms with Gasteiger partial charge in [-0.2, -0.15) is 0 Å². The Bertz CT molecular complexity index is 398. The maximum absolute atomic E-state index is 10.9. The number of rotatable bonds is 25. The predicted octanol–water partition coefficient (Wildman–Crippen LogP) is 0.250. The molecule has 0 aromatic carbocycles. The molecule has 2 N–H and O–H groups in total. The van der Waals surface area contributed by atoms with Crippen LogP contribution in [0.25, 0.3) is 0 Å². The molecular weight excluding hydrogens is 424 g/mol. The quantitative estimate of drug-likeness (QED) is 0.113. The first-order valence-electron chi connectivity index (χ1n) is 11.1. The molecule has 0 aromatic rings. The van der Waals surface area contributed by atoms with E-state index in [2.05, 4.69) is 0 Å². The van der Waals surface area contributed by atoms with Gasteiger partial charge in [-0.05, 0) is 20.8 Å². The van der Waals surface area contributed by atoms with Crippen molar-refractivity contribution in [3.8, 4) is 0 Å². The number of hydrogen-bond donors (Lipinski definition) is 1. The lowest BCUT2D eigenvalue weighted by Crippen LogP contribution is -2.35. The maximum atomic E-state index is 10.9. The zero-order chi connectivity index (χ0) is 23.8. The van der Waals surface area contributed by atoms with Crippen molar-refractivity contribution >= 4 is 6.41 Å². The van der Waals surface area contributed by atoms with E-state index < -0.39 is 5.60 Å². The van der Waals surface area contributed by atoms with Crippen molar-refractivity contribution in [3.63, 3.8) is 0 Å². The number of nitrogens with two attached hydrogens (primary N) is 1. The fourth-order valence-electron chi connectivity index (χ4n) is 2.13. The van der Waals surface area contributed by atoms with E-state index in [4.69, 9.17) is 43.7 Å². The SMILES string of the molecule is CC(C)(C)ON(C=O)CCOCCOCCOCCOCCOCCOCCOCCN. The van der Waals surface area contributed by atoms with Gasteiger partial charge in [0.05, 0.1) is 105 Å². The van der Waals surface area contributed by atoms with Gasteiger partial charge in [0.2, 0.25) is 6.41 Å². The summed E-state index contributed by atoms with van der Waals surface area (Å²) in [7, 11) is 0. The summed E-state index contributed by atoms with van der Waals surface area (Å²) < 4.78 is 37.6. The molecule has 11 nitrogen and oxygen atoms in total. The van der Waals surface area contributed by atoms with Crippen LogP contribution in [0.15, 0.2) is 0 Å². The van der Waals surface area contributed by atoms with E-state index in [1.165, 1.54) is 5.06 Å². The molecule has 0 rings (SSSR count). The summed E-state index contributed by atoms with van der Waals surface area (Å²) in [4.78, 5) is 16.4. The molecule has 32 heavy (non-hydrogen) atoms. The Labute approximate surface area is 192 Å². The van der Waals surface area contributed by atoms with Crippen LogP contribution in [0.2, 0.25) is 0 Å². The Balaban J connectivity index is 3.17. The van der Waals surface area contributed by atoms with E-state index in [-0.39, 0.29) is 0 Å². The van der Waals surface area contributed by atoms with Gasteiger partial charge in [0.25, 0.3) is 0 Å². The lowest BCUT2D eigenvalue weighted by molar-refractivity contribution is -0.219. The summed E-state index contributed by atoms with van der Waals surface area (Å²) in [6.07, 6.45) is 0.651. The lowest BCUT2D eigenvalue weighted by Gasteiger charge is -2.26. The molecule has 0 saturated carbocycles. The van der Waals surface area contributed by atoms with Crippen LogP contribution in [0, 0.1) is 0 Å². The number of ether oxygens (including phenoxy) is 7. The predicted molar refractivity (Wildman–Crippen MR) is 118 cm³/mol. The number of hydrogen-bond acceptors (Lipinski definition) is 10. The molecule has 1 amide bonds. The average molecular weight is 469 g/mol. The fraction of sp³-hybridized carbons (Fsp3) is 0.952. The van der Waals surface area contributed by atoms with Crippen molar-refractivity contribution in [2.75, 3.05) is 106 Å². The zero-order valence-corrected chi connectivity index (χ0v) is 20.1. The minimum atomic E-state index is -0.418. The highest BCUT2D eigenvalue weighted by Gasteiger charge is 2.15. The van der Waals surface area contributed by atoms with Crippen molar-refractivity contribution in [1.29, 1.82) is 0 Å². The fourth-order valence-corrected chi connectivity index (χ4v) is 2.13. The van der Waals surface area contributed by atoms with Crippen molar-refractivity contribution in [2.24, 2.45) is 5.73 Å². The van der Waals surface area contributed by atoms with Crippen molar-refractivity contribution in [1.82, 2.24) is 5.06 Å². The average Bonchev–Trinajstić information content (AvgIpc) is 2.75. The molecule has 0 saturated heterocycles. The highest BCUT2D eigenvalue weighted by atomic mass is 16.7. The van der Waals surface area contributed by atoms with E-state index in [0.29, 0.717) is 112 Å². The monoisotopic (exact) mass is 468 g/mol. The van der Waals surface area contributed by atoms with Gasteiger partial charge < -0.3 is 38.9 Å². The van der Waals surface area contributed by atoms with Crippen LogP contribution in [0.1, 0.15) is 20.8 Å². The van der Waals surface area contributed by atoms with E-state index in [9.17, 15) is 4.79 Å². The molecule has 0 fully saturated rings. The van der Waals surface area contributed by atoms with Gasteiger partial charge in [-0.15, -0.1) is 0 Å². The Kier molecular flexibility index (Phi) is 22.6. The van der Waals surface area contributed by atoms with Crippen molar-refractivity contribution in [3.05, 3.63) is 0 Å². The van der Waals surface area contributed by atoms with E-state index in [1.807, 2.05) is 20.8 Å². The third-order valence-electron chi connectivity index (χ3n) is 3.46. The molecule has 0 unspecified atom stereocenters. The van der Waals surface area contributed by atoms with Gasteiger partial charge in [0, 0.05) is 6.54 Å². The van der Waals surface area contributed by atoms with Gasteiger partial charge in [-0.1, -0.05) is 0 Å². The molecule has 0 aliphatic carbocycles. The molecule has 11 heteroatoms. The normalized spacial score (nSPS) is 11.8. The molecule has 0 radical (unpaired) electrons. The first-order chi connectivity index (χ1) is 15.5. The topological polar surface area (TPSA) is 120 Å². The second kappa shape index (κ2) is 23.3. The molecule has 0 aromatic heterocycles. The summed E-state index contributed by atoms with van der Waals surface area (Å²) in [6.45, 7) is 13.5. The van der Waals surface area contributed by atoms with Gasteiger partial charge in [0.15, 0.2) is 0 Å². The van der Waals surface area contributed by atoms with Crippen molar-refractivity contribution < 1.29 is 42.8 Å². The van der Waals surface area contributed by atoms with Gasteiger partial charge >= 0.3 is 0 Å². The Morgan fingerprint density at radius 3 is 1.19 bits per heavy atom. The summed E-state index contributed by atoms with van der Waals surface area (Å²) in [5.41, 5.74) is 4.89. The first kappa shape index (κ1) is 31.1. The second-order valence-electron chi connectivity index (χ2n) is 7.53. The smallest absolute Gasteiger partial charge is 0.233 e. The minimum Gasteiger partial charge on any atom is -0.378 e. The summed E-state index contributed by atoms with van der Waals surface area (Å²) in [5.74, 6) is 0. The third kappa shape index (κ3) is 25.4. The number of carbonyl (C=O) groups is 1.